The summed E-state index contributed by atoms with van der Waals surface area (Å²) >= 11 is 7.38. The molecule has 0 saturated carbocycles. The number of aromatic nitrogens is 2. The molecule has 23 heavy (non-hydrogen) atoms. The number of aromatic carboxylic acids is 1. The molecule has 2 N–H and O–H groups in total. The molecule has 0 aliphatic rings. The molecule has 1 aromatic heterocycles. The predicted octanol–water partition coefficient (Wildman–Crippen LogP) is 3.28. The topological polar surface area (TPSA) is 84.2 Å². The van der Waals surface area contributed by atoms with E-state index in [2.05, 4.69) is 10.3 Å². The number of hydrogen-bond donors (Lipinski definition) is 2. The van der Waals surface area contributed by atoms with Gasteiger partial charge in [-0.2, -0.15) is 0 Å². The number of nitrogens with zero attached hydrogens (tertiary/aromatic N) is 2. The summed E-state index contributed by atoms with van der Waals surface area (Å²) in [5, 5.41) is 12.4. The molecule has 1 heterocycles. The van der Waals surface area contributed by atoms with E-state index < -0.39 is 5.97 Å². The zero-order valence-corrected chi connectivity index (χ0v) is 14.2. The van der Waals surface area contributed by atoms with Gasteiger partial charge in [0.1, 0.15) is 0 Å². The molecule has 0 saturated heterocycles. The molecule has 0 aliphatic carbocycles. The van der Waals surface area contributed by atoms with Crippen molar-refractivity contribution in [1.82, 2.24) is 9.55 Å². The van der Waals surface area contributed by atoms with Crippen LogP contribution in [0.1, 0.15) is 23.7 Å². The summed E-state index contributed by atoms with van der Waals surface area (Å²) in [5.74, 6) is -1.32. The molecule has 1 unspecified atom stereocenters. The quantitative estimate of drug-likeness (QED) is 0.778. The van der Waals surface area contributed by atoms with E-state index in [1.165, 1.54) is 30.0 Å². The second kappa shape index (κ2) is 7.52. The number of aryl methyl sites for hydroxylation is 1. The average Bonchev–Trinajstić information content (AvgIpc) is 2.91. The Balaban J connectivity index is 2.15. The Morgan fingerprint density at radius 2 is 2.22 bits per heavy atom. The van der Waals surface area contributed by atoms with Crippen molar-refractivity contribution in [2.45, 2.75) is 23.8 Å². The highest BCUT2D eigenvalue weighted by atomic mass is 35.5. The fraction of sp³-hybridized carbons (Fsp3) is 0.267. The van der Waals surface area contributed by atoms with Crippen molar-refractivity contribution < 1.29 is 14.7 Å². The molecular weight excluding hydrogens is 338 g/mol. The summed E-state index contributed by atoms with van der Waals surface area (Å²) in [4.78, 5) is 27.6. The maximum absolute atomic E-state index is 12.4. The monoisotopic (exact) mass is 353 g/mol. The van der Waals surface area contributed by atoms with Crippen molar-refractivity contribution in [2.24, 2.45) is 7.05 Å². The highest BCUT2D eigenvalue weighted by molar-refractivity contribution is 8.00. The minimum absolute atomic E-state index is 0.0644. The van der Waals surface area contributed by atoms with Gasteiger partial charge in [-0.1, -0.05) is 30.3 Å². The van der Waals surface area contributed by atoms with E-state index >= 15 is 0 Å². The third-order valence-corrected chi connectivity index (χ3v) is 4.92. The number of carbonyl (C=O) groups excluding carboxylic acids is 1. The van der Waals surface area contributed by atoms with Gasteiger partial charge >= 0.3 is 5.97 Å². The van der Waals surface area contributed by atoms with Crippen LogP contribution >= 0.6 is 23.4 Å². The van der Waals surface area contributed by atoms with Crippen LogP contribution in [-0.2, 0) is 11.8 Å². The van der Waals surface area contributed by atoms with Crippen molar-refractivity contribution in [3.63, 3.8) is 0 Å². The van der Waals surface area contributed by atoms with Crippen LogP contribution in [0.25, 0.3) is 0 Å². The zero-order valence-electron chi connectivity index (χ0n) is 12.6. The fourth-order valence-electron chi connectivity index (χ4n) is 1.88. The van der Waals surface area contributed by atoms with Crippen molar-refractivity contribution in [1.29, 1.82) is 0 Å². The van der Waals surface area contributed by atoms with Crippen LogP contribution < -0.4 is 5.32 Å². The molecule has 8 heteroatoms. The third-order valence-electron chi connectivity index (χ3n) is 3.16. The summed E-state index contributed by atoms with van der Waals surface area (Å²) < 4.78 is 1.83. The van der Waals surface area contributed by atoms with Crippen molar-refractivity contribution in [2.75, 3.05) is 5.32 Å². The number of rotatable bonds is 6. The van der Waals surface area contributed by atoms with Gasteiger partial charge in [0.25, 0.3) is 0 Å². The molecule has 0 aliphatic heterocycles. The van der Waals surface area contributed by atoms with Crippen molar-refractivity contribution in [3.05, 3.63) is 41.2 Å². The van der Waals surface area contributed by atoms with E-state index in [9.17, 15) is 9.59 Å². The minimum atomic E-state index is -1.08. The third kappa shape index (κ3) is 4.27. The van der Waals surface area contributed by atoms with E-state index in [0.29, 0.717) is 11.4 Å². The van der Waals surface area contributed by atoms with Crippen LogP contribution in [0.2, 0.25) is 5.02 Å². The van der Waals surface area contributed by atoms with Gasteiger partial charge in [0.15, 0.2) is 5.16 Å². The van der Waals surface area contributed by atoms with E-state index in [0.717, 1.165) is 5.16 Å². The number of thioether (sulfide) groups is 1. The summed E-state index contributed by atoms with van der Waals surface area (Å²) in [7, 11) is 1.85. The van der Waals surface area contributed by atoms with Crippen LogP contribution in [0.5, 0.6) is 0 Å². The number of amides is 1. The lowest BCUT2D eigenvalue weighted by Crippen LogP contribution is -2.25. The highest BCUT2D eigenvalue weighted by Gasteiger charge is 2.21. The molecule has 0 spiro atoms. The smallest absolute Gasteiger partial charge is 0.335 e. The summed E-state index contributed by atoms with van der Waals surface area (Å²) in [6, 6.07) is 4.19. The summed E-state index contributed by atoms with van der Waals surface area (Å²) in [5.41, 5.74) is 0.352. The Hall–Kier alpha value is -1.99. The maximum atomic E-state index is 12.4. The second-order valence-corrected chi connectivity index (χ2v) is 6.40. The number of carboxylic acid groups (broad SMARTS) is 1. The normalized spacial score (nSPS) is 12.0. The number of hydrogen-bond acceptors (Lipinski definition) is 4. The Kier molecular flexibility index (Phi) is 5.68. The first-order valence-electron chi connectivity index (χ1n) is 6.90. The Morgan fingerprint density at radius 3 is 2.78 bits per heavy atom. The maximum Gasteiger partial charge on any atom is 0.335 e. The first-order chi connectivity index (χ1) is 10.9. The van der Waals surface area contributed by atoms with Gasteiger partial charge in [-0.05, 0) is 24.6 Å². The number of benzene rings is 1. The summed E-state index contributed by atoms with van der Waals surface area (Å²) in [6.07, 6.45) is 4.07. The van der Waals surface area contributed by atoms with Gasteiger partial charge in [-0.25, -0.2) is 9.78 Å². The van der Waals surface area contributed by atoms with Crippen LogP contribution in [-0.4, -0.2) is 31.8 Å². The van der Waals surface area contributed by atoms with Gasteiger partial charge in [0.2, 0.25) is 5.91 Å². The van der Waals surface area contributed by atoms with Crippen LogP contribution in [0.3, 0.4) is 0 Å². The summed E-state index contributed by atoms with van der Waals surface area (Å²) in [6.45, 7) is 1.90. The first-order valence-corrected chi connectivity index (χ1v) is 8.15. The molecule has 1 atom stereocenters. The van der Waals surface area contributed by atoms with Gasteiger partial charge < -0.3 is 15.0 Å². The first kappa shape index (κ1) is 17.4. The lowest BCUT2D eigenvalue weighted by atomic mass is 10.2. The minimum Gasteiger partial charge on any atom is -0.478 e. The molecular formula is C15H16ClN3O3S. The zero-order chi connectivity index (χ0) is 17.0. The number of nitrogens with one attached hydrogen (secondary N) is 1. The number of imidazole rings is 1. The largest absolute Gasteiger partial charge is 0.478 e. The van der Waals surface area contributed by atoms with Gasteiger partial charge in [-0.15, -0.1) is 0 Å². The Bertz CT molecular complexity index is 733. The molecule has 0 bridgehead atoms. The van der Waals surface area contributed by atoms with Crippen LogP contribution in [0.4, 0.5) is 5.69 Å². The number of carbonyl (C=O) groups is 2. The lowest BCUT2D eigenvalue weighted by Gasteiger charge is -2.15. The van der Waals surface area contributed by atoms with E-state index in [1.807, 2.05) is 18.5 Å². The standard InChI is InChI=1S/C15H16ClN3O3S/c1-3-12(23-15-17-6-7-19(15)2)13(20)18-11-8-9(14(21)22)4-5-10(11)16/h4-8,12H,3H2,1-2H3,(H,18,20)(H,21,22). The predicted molar refractivity (Wildman–Crippen MR) is 90.2 cm³/mol. The van der Waals surface area contributed by atoms with E-state index in [-0.39, 0.29) is 22.4 Å². The molecule has 6 nitrogen and oxygen atoms in total. The fourth-order valence-corrected chi connectivity index (χ4v) is 2.98. The molecule has 2 rings (SSSR count). The number of anilines is 1. The Morgan fingerprint density at radius 1 is 1.48 bits per heavy atom. The highest BCUT2D eigenvalue weighted by Crippen LogP contribution is 2.27. The lowest BCUT2D eigenvalue weighted by molar-refractivity contribution is -0.115. The van der Waals surface area contributed by atoms with E-state index in [4.69, 9.17) is 16.7 Å². The molecule has 0 radical (unpaired) electrons. The van der Waals surface area contributed by atoms with E-state index in [1.54, 1.807) is 12.4 Å². The van der Waals surface area contributed by atoms with Crippen LogP contribution in [0, 0.1) is 0 Å². The number of halogens is 1. The molecule has 122 valence electrons. The molecule has 1 aromatic carbocycles. The number of carboxylic acids is 1. The Labute approximate surface area is 142 Å². The molecule has 1 amide bonds. The van der Waals surface area contributed by atoms with Crippen molar-refractivity contribution in [3.8, 4) is 0 Å². The van der Waals surface area contributed by atoms with Gasteiger partial charge in [0, 0.05) is 19.4 Å². The van der Waals surface area contributed by atoms with Crippen LogP contribution in [0.15, 0.2) is 35.7 Å². The molecule has 2 aromatic rings. The van der Waals surface area contributed by atoms with Crippen molar-refractivity contribution >= 4 is 40.9 Å². The van der Waals surface area contributed by atoms with Gasteiger partial charge in [-0.3, -0.25) is 4.79 Å². The SMILES string of the molecule is CCC(Sc1nccn1C)C(=O)Nc1cc(C(=O)O)ccc1Cl. The molecule has 0 fully saturated rings. The van der Waals surface area contributed by atoms with Gasteiger partial charge in [0.05, 0.1) is 21.5 Å². The average molecular weight is 354 g/mol. The second-order valence-electron chi connectivity index (χ2n) is 4.82.